The number of nitrogens with one attached hydrogen (secondary N) is 2. The first-order valence-electron chi connectivity index (χ1n) is 13.3. The van der Waals surface area contributed by atoms with Crippen molar-refractivity contribution in [3.8, 4) is 0 Å². The first-order chi connectivity index (χ1) is 18.1. The number of nitrogens with zero attached hydrogens (tertiary/aromatic N) is 4. The number of anilines is 2. The zero-order chi connectivity index (χ0) is 25.6. The van der Waals surface area contributed by atoms with E-state index in [-0.39, 0.29) is 6.10 Å². The number of ether oxygens (including phenoxy) is 1. The zero-order valence-corrected chi connectivity index (χ0v) is 22.2. The molecule has 0 bridgehead atoms. The number of thiophene rings is 1. The largest absolute Gasteiger partial charge is 0.480 e. The maximum atomic E-state index is 11.9. The van der Waals surface area contributed by atoms with Gasteiger partial charge in [0.05, 0.1) is 16.3 Å². The van der Waals surface area contributed by atoms with Crippen LogP contribution in [0, 0.1) is 6.92 Å². The normalized spacial score (nSPS) is 18.8. The van der Waals surface area contributed by atoms with E-state index >= 15 is 0 Å². The Hall–Kier alpha value is -2.82. The number of carboxylic acids is 1. The van der Waals surface area contributed by atoms with Crippen LogP contribution in [-0.2, 0) is 22.4 Å². The molecule has 2 atom stereocenters. The van der Waals surface area contributed by atoms with Crippen LogP contribution in [0.1, 0.15) is 48.9 Å². The number of likely N-dealkylation sites (tertiary alicyclic amines) is 1. The second kappa shape index (κ2) is 12.1. The lowest BCUT2D eigenvalue weighted by atomic mass is 10.1. The molecule has 2 aliphatic heterocycles. The Morgan fingerprint density at radius 1 is 1.35 bits per heavy atom. The third-order valence-electron chi connectivity index (χ3n) is 7.22. The van der Waals surface area contributed by atoms with Gasteiger partial charge in [0.15, 0.2) is 0 Å². The van der Waals surface area contributed by atoms with E-state index in [4.69, 9.17) is 9.72 Å². The van der Waals surface area contributed by atoms with Crippen molar-refractivity contribution in [3.05, 3.63) is 40.7 Å². The molecule has 0 radical (unpaired) electrons. The molecule has 198 valence electrons. The number of piperidine rings is 1. The summed E-state index contributed by atoms with van der Waals surface area (Å²) in [5, 5.41) is 18.3. The molecule has 2 aliphatic rings. The molecule has 1 saturated heterocycles. The van der Waals surface area contributed by atoms with Gasteiger partial charge in [0.2, 0.25) is 0 Å². The number of rotatable bonds is 11. The van der Waals surface area contributed by atoms with Gasteiger partial charge in [0.25, 0.3) is 0 Å². The zero-order valence-electron chi connectivity index (χ0n) is 21.4. The molecule has 0 aliphatic carbocycles. The fourth-order valence-electron chi connectivity index (χ4n) is 5.19. The topological polar surface area (TPSA) is 113 Å². The number of carboxylic acid groups (broad SMARTS) is 1. The van der Waals surface area contributed by atoms with Crippen LogP contribution in [0.5, 0.6) is 0 Å². The molecule has 3 N–H and O–H groups in total. The van der Waals surface area contributed by atoms with E-state index in [0.717, 1.165) is 85.6 Å². The summed E-state index contributed by atoms with van der Waals surface area (Å²) in [6.45, 7) is 6.41. The van der Waals surface area contributed by atoms with Crippen LogP contribution < -0.4 is 10.6 Å². The van der Waals surface area contributed by atoms with Crippen LogP contribution in [0.3, 0.4) is 0 Å². The third kappa shape index (κ3) is 6.55. The molecule has 0 unspecified atom stereocenters. The minimum absolute atomic E-state index is 0.139. The molecule has 3 aromatic heterocycles. The van der Waals surface area contributed by atoms with E-state index in [1.807, 2.05) is 12.3 Å². The summed E-state index contributed by atoms with van der Waals surface area (Å²) in [6, 6.07) is 3.63. The molecule has 0 saturated carbocycles. The highest BCUT2D eigenvalue weighted by molar-refractivity contribution is 7.18. The highest BCUT2D eigenvalue weighted by atomic mass is 32.1. The van der Waals surface area contributed by atoms with Crippen molar-refractivity contribution < 1.29 is 14.6 Å². The minimum Gasteiger partial charge on any atom is -0.480 e. The van der Waals surface area contributed by atoms with Crippen LogP contribution in [0.25, 0.3) is 10.2 Å². The average molecular weight is 525 g/mol. The first kappa shape index (κ1) is 25.8. The van der Waals surface area contributed by atoms with Crippen LogP contribution in [0.2, 0.25) is 0 Å². The summed E-state index contributed by atoms with van der Waals surface area (Å²) in [7, 11) is 0. The molecule has 9 nitrogen and oxygen atoms in total. The van der Waals surface area contributed by atoms with Gasteiger partial charge in [-0.2, -0.15) is 0 Å². The van der Waals surface area contributed by atoms with Crippen molar-refractivity contribution in [2.75, 3.05) is 43.4 Å². The Kier molecular flexibility index (Phi) is 8.48. The minimum atomic E-state index is -0.903. The summed E-state index contributed by atoms with van der Waals surface area (Å²) in [5.74, 6) is 0.738. The summed E-state index contributed by atoms with van der Waals surface area (Å²) in [4.78, 5) is 27.8. The van der Waals surface area contributed by atoms with Gasteiger partial charge in [-0.15, -0.1) is 11.3 Å². The van der Waals surface area contributed by atoms with Gasteiger partial charge in [-0.1, -0.05) is 6.07 Å². The molecule has 0 spiro atoms. The summed E-state index contributed by atoms with van der Waals surface area (Å²) in [5.41, 5.74) is 4.42. The van der Waals surface area contributed by atoms with Gasteiger partial charge in [0.1, 0.15) is 24.0 Å². The van der Waals surface area contributed by atoms with Crippen molar-refractivity contribution in [1.29, 1.82) is 0 Å². The van der Waals surface area contributed by atoms with Gasteiger partial charge >= 0.3 is 5.97 Å². The summed E-state index contributed by atoms with van der Waals surface area (Å²) < 4.78 is 7.04. The third-order valence-corrected chi connectivity index (χ3v) is 8.32. The van der Waals surface area contributed by atoms with Crippen molar-refractivity contribution in [2.45, 2.75) is 64.0 Å². The molecule has 37 heavy (non-hydrogen) atoms. The van der Waals surface area contributed by atoms with Crippen LogP contribution in [0.4, 0.5) is 11.6 Å². The van der Waals surface area contributed by atoms with Crippen LogP contribution >= 0.6 is 11.3 Å². The van der Waals surface area contributed by atoms with Gasteiger partial charge in [-0.05, 0) is 81.1 Å². The molecule has 5 heterocycles. The van der Waals surface area contributed by atoms with Crippen LogP contribution in [0.15, 0.2) is 23.8 Å². The maximum Gasteiger partial charge on any atom is 0.326 e. The SMILES string of the molecule is Cc1csc2c(N[C@@H](CCO[C@@H]3CCCN(CCCc4ccc5c(n4)NCCC5)C3)C(=O)O)ncnc12. The molecule has 1 fully saturated rings. The van der Waals surface area contributed by atoms with E-state index in [0.29, 0.717) is 18.8 Å². The standard InChI is InChI=1S/C27H36N6O3S/c1-18-16-37-24-23(18)29-17-30-26(24)32-22(27(34)35)10-14-36-21-7-4-13-33(15-21)12-3-6-20-9-8-19-5-2-11-28-25(19)31-20/h8-9,16-17,21-22H,2-7,10-15H2,1H3,(H,28,31)(H,34,35)(H,29,30,32)/t21-,22+/m1/s1. The maximum absolute atomic E-state index is 11.9. The number of fused-ring (bicyclic) bond motifs is 2. The van der Waals surface area contributed by atoms with Crippen LogP contribution in [-0.4, -0.2) is 75.9 Å². The van der Waals surface area contributed by atoms with E-state index < -0.39 is 12.0 Å². The Morgan fingerprint density at radius 2 is 2.27 bits per heavy atom. The highest BCUT2D eigenvalue weighted by Gasteiger charge is 2.23. The van der Waals surface area contributed by atoms with E-state index in [1.165, 1.54) is 29.6 Å². The molecular formula is C27H36N6O3S. The fourth-order valence-corrected chi connectivity index (χ4v) is 6.15. The van der Waals surface area contributed by atoms with Crippen molar-refractivity contribution in [2.24, 2.45) is 0 Å². The Labute approximate surface area is 221 Å². The van der Waals surface area contributed by atoms with E-state index in [2.05, 4.69) is 37.6 Å². The summed E-state index contributed by atoms with van der Waals surface area (Å²) in [6.07, 6.45) is 8.45. The quantitative estimate of drug-likeness (QED) is 0.341. The molecule has 0 aromatic carbocycles. The lowest BCUT2D eigenvalue weighted by molar-refractivity contribution is -0.138. The molecular weight excluding hydrogens is 488 g/mol. The number of carbonyl (C=O) groups is 1. The molecule has 10 heteroatoms. The number of hydrogen-bond acceptors (Lipinski definition) is 9. The summed E-state index contributed by atoms with van der Waals surface area (Å²) >= 11 is 1.53. The van der Waals surface area contributed by atoms with Gasteiger partial charge in [0, 0.05) is 31.8 Å². The number of hydrogen-bond donors (Lipinski definition) is 3. The lowest BCUT2D eigenvalue weighted by Crippen LogP contribution is -2.41. The second-order valence-electron chi connectivity index (χ2n) is 10.0. The van der Waals surface area contributed by atoms with Crippen molar-refractivity contribution in [1.82, 2.24) is 19.9 Å². The van der Waals surface area contributed by atoms with Gasteiger partial charge in [-0.3, -0.25) is 0 Å². The molecule has 0 amide bonds. The van der Waals surface area contributed by atoms with Gasteiger partial charge in [-0.25, -0.2) is 19.7 Å². The number of aromatic nitrogens is 3. The predicted molar refractivity (Wildman–Crippen MR) is 147 cm³/mol. The molecule has 5 rings (SSSR count). The smallest absolute Gasteiger partial charge is 0.326 e. The Morgan fingerprint density at radius 3 is 3.16 bits per heavy atom. The number of pyridine rings is 1. The predicted octanol–water partition coefficient (Wildman–Crippen LogP) is 4.12. The Bertz CT molecular complexity index is 1220. The lowest BCUT2D eigenvalue weighted by Gasteiger charge is -2.32. The first-order valence-corrected chi connectivity index (χ1v) is 14.2. The highest BCUT2D eigenvalue weighted by Crippen LogP contribution is 2.29. The fraction of sp³-hybridized carbons (Fsp3) is 0.556. The van der Waals surface area contributed by atoms with Crippen molar-refractivity contribution in [3.63, 3.8) is 0 Å². The monoisotopic (exact) mass is 524 g/mol. The second-order valence-corrected chi connectivity index (χ2v) is 10.9. The van der Waals surface area contributed by atoms with E-state index in [9.17, 15) is 9.90 Å². The molecule has 3 aromatic rings. The van der Waals surface area contributed by atoms with Crippen molar-refractivity contribution >= 4 is 39.2 Å². The van der Waals surface area contributed by atoms with E-state index in [1.54, 1.807) is 0 Å². The average Bonchev–Trinajstić information content (AvgIpc) is 3.29. The number of aryl methyl sites for hydroxylation is 3. The van der Waals surface area contributed by atoms with Gasteiger partial charge < -0.3 is 25.4 Å². The Balaban J connectivity index is 1.06. The number of aliphatic carboxylic acids is 1.